The van der Waals surface area contributed by atoms with Gasteiger partial charge in [0.2, 0.25) is 0 Å². The summed E-state index contributed by atoms with van der Waals surface area (Å²) in [5, 5.41) is 15.4. The molecule has 1 amide bonds. The summed E-state index contributed by atoms with van der Waals surface area (Å²) in [6, 6.07) is 7.95. The molecule has 8 nitrogen and oxygen atoms in total. The van der Waals surface area contributed by atoms with Gasteiger partial charge in [0.05, 0.1) is 13.2 Å². The number of hydrogen-bond acceptors (Lipinski definition) is 5. The number of nitrogens with zero attached hydrogens (tertiary/aromatic N) is 2. The Morgan fingerprint density at radius 1 is 1.35 bits per heavy atom. The molecule has 0 radical (unpaired) electrons. The van der Waals surface area contributed by atoms with Crippen molar-refractivity contribution in [2.24, 2.45) is 0 Å². The molecule has 1 aromatic heterocycles. The predicted octanol–water partition coefficient (Wildman–Crippen LogP) is 1.25. The molecule has 8 heteroatoms. The number of aliphatic carboxylic acids is 1. The zero-order valence-corrected chi connectivity index (χ0v) is 12.6. The first-order chi connectivity index (χ1) is 11.1. The summed E-state index contributed by atoms with van der Waals surface area (Å²) < 4.78 is 11.7. The van der Waals surface area contributed by atoms with Crippen molar-refractivity contribution >= 4 is 17.7 Å². The molecule has 0 aliphatic carbocycles. The van der Waals surface area contributed by atoms with E-state index in [1.165, 1.54) is 6.07 Å². The maximum absolute atomic E-state index is 12.2. The number of aromatic nitrogens is 2. The van der Waals surface area contributed by atoms with Gasteiger partial charge in [0.15, 0.2) is 12.4 Å². The Hall–Kier alpha value is -2.87. The largest absolute Gasteiger partial charge is 0.482 e. The van der Waals surface area contributed by atoms with Gasteiger partial charge in [0, 0.05) is 24.9 Å². The average Bonchev–Trinajstić information content (AvgIpc) is 2.98. The van der Waals surface area contributed by atoms with Gasteiger partial charge in [0.25, 0.3) is 5.91 Å². The lowest BCUT2D eigenvalue weighted by molar-refractivity contribution is -0.139. The first-order valence-electron chi connectivity index (χ1n) is 6.87. The van der Waals surface area contributed by atoms with E-state index in [1.807, 2.05) is 0 Å². The van der Waals surface area contributed by atoms with Gasteiger partial charge in [-0.1, -0.05) is 6.07 Å². The molecule has 0 aliphatic rings. The molecule has 0 saturated heterocycles. The Morgan fingerprint density at radius 3 is 2.91 bits per heavy atom. The lowest BCUT2D eigenvalue weighted by Gasteiger charge is -2.06. The van der Waals surface area contributed by atoms with Gasteiger partial charge in [-0.25, -0.2) is 4.79 Å². The molecule has 1 heterocycles. The Kier molecular flexibility index (Phi) is 5.70. The summed E-state index contributed by atoms with van der Waals surface area (Å²) >= 11 is 0. The quantitative estimate of drug-likeness (QED) is 0.759. The van der Waals surface area contributed by atoms with Crippen molar-refractivity contribution in [1.82, 2.24) is 9.78 Å². The normalized spacial score (nSPS) is 10.3. The molecule has 122 valence electrons. The fourth-order valence-electron chi connectivity index (χ4n) is 1.80. The van der Waals surface area contributed by atoms with Gasteiger partial charge in [-0.05, 0) is 18.2 Å². The van der Waals surface area contributed by atoms with Gasteiger partial charge in [-0.2, -0.15) is 5.10 Å². The van der Waals surface area contributed by atoms with E-state index in [4.69, 9.17) is 14.6 Å². The lowest BCUT2D eigenvalue weighted by atomic mass is 10.2. The van der Waals surface area contributed by atoms with Gasteiger partial charge in [-0.3, -0.25) is 9.48 Å². The van der Waals surface area contributed by atoms with E-state index in [0.29, 0.717) is 30.3 Å². The molecule has 2 rings (SSSR count). The molecule has 1 aromatic carbocycles. The third-order valence-electron chi connectivity index (χ3n) is 2.87. The number of carboxylic acid groups (broad SMARTS) is 1. The second-order valence-electron chi connectivity index (χ2n) is 4.62. The smallest absolute Gasteiger partial charge is 0.341 e. The van der Waals surface area contributed by atoms with Crippen molar-refractivity contribution in [2.45, 2.75) is 6.54 Å². The number of ether oxygens (including phenoxy) is 2. The van der Waals surface area contributed by atoms with Crippen LogP contribution in [0.25, 0.3) is 0 Å². The van der Waals surface area contributed by atoms with Crippen LogP contribution in [0.1, 0.15) is 10.4 Å². The number of anilines is 1. The Balaban J connectivity index is 1.98. The van der Waals surface area contributed by atoms with Crippen LogP contribution >= 0.6 is 0 Å². The van der Waals surface area contributed by atoms with Crippen LogP contribution in [0, 0.1) is 0 Å². The molecule has 0 atom stereocenters. The van der Waals surface area contributed by atoms with Crippen molar-refractivity contribution < 1.29 is 24.2 Å². The molecule has 0 spiro atoms. The molecule has 0 aliphatic heterocycles. The second kappa shape index (κ2) is 7.95. The minimum absolute atomic E-state index is 0.311. The fraction of sp³-hybridized carbons (Fsp3) is 0.267. The van der Waals surface area contributed by atoms with Gasteiger partial charge in [-0.15, -0.1) is 0 Å². The minimum atomic E-state index is -1.08. The Bertz CT molecular complexity index is 683. The van der Waals surface area contributed by atoms with Crippen molar-refractivity contribution in [3.63, 3.8) is 0 Å². The monoisotopic (exact) mass is 319 g/mol. The fourth-order valence-corrected chi connectivity index (χ4v) is 1.80. The van der Waals surface area contributed by atoms with Crippen LogP contribution in [0.15, 0.2) is 36.5 Å². The number of rotatable bonds is 8. The van der Waals surface area contributed by atoms with Crippen LogP contribution in [-0.2, 0) is 16.1 Å². The average molecular weight is 319 g/mol. The highest BCUT2D eigenvalue weighted by atomic mass is 16.5. The minimum Gasteiger partial charge on any atom is -0.482 e. The van der Waals surface area contributed by atoms with Crippen LogP contribution in [0.2, 0.25) is 0 Å². The first kappa shape index (κ1) is 16.5. The van der Waals surface area contributed by atoms with Gasteiger partial charge < -0.3 is 19.9 Å². The second-order valence-corrected chi connectivity index (χ2v) is 4.62. The summed E-state index contributed by atoms with van der Waals surface area (Å²) in [5.74, 6) is -0.710. The SMILES string of the molecule is COCCn1ccc(NC(=O)c2cccc(OCC(=O)O)c2)n1. The maximum Gasteiger partial charge on any atom is 0.341 e. The number of carbonyl (C=O) groups excluding carboxylic acids is 1. The molecule has 23 heavy (non-hydrogen) atoms. The Morgan fingerprint density at radius 2 is 2.17 bits per heavy atom. The molecular weight excluding hydrogens is 302 g/mol. The number of hydrogen-bond donors (Lipinski definition) is 2. The molecule has 0 bridgehead atoms. The van der Waals surface area contributed by atoms with E-state index in [0.717, 1.165) is 0 Å². The number of carboxylic acids is 1. The molecule has 0 fully saturated rings. The van der Waals surface area contributed by atoms with Crippen molar-refractivity contribution in [1.29, 1.82) is 0 Å². The highest BCUT2D eigenvalue weighted by molar-refractivity contribution is 6.03. The van der Waals surface area contributed by atoms with Crippen molar-refractivity contribution in [3.8, 4) is 5.75 Å². The first-order valence-corrected chi connectivity index (χ1v) is 6.87. The van der Waals surface area contributed by atoms with E-state index in [9.17, 15) is 9.59 Å². The van der Waals surface area contributed by atoms with Crippen LogP contribution in [-0.4, -0.2) is 47.1 Å². The van der Waals surface area contributed by atoms with Crippen LogP contribution in [0.3, 0.4) is 0 Å². The standard InChI is InChI=1S/C15H17N3O5/c1-22-8-7-18-6-5-13(17-18)16-15(21)11-3-2-4-12(9-11)23-10-14(19)20/h2-6,9H,7-8,10H2,1H3,(H,19,20)(H,16,17,21). The molecular formula is C15H17N3O5. The molecule has 0 saturated carbocycles. The summed E-state index contributed by atoms with van der Waals surface area (Å²) in [5.41, 5.74) is 0.347. The van der Waals surface area contributed by atoms with Crippen LogP contribution in [0.5, 0.6) is 5.75 Å². The predicted molar refractivity (Wildman–Crippen MR) is 81.6 cm³/mol. The summed E-state index contributed by atoms with van der Waals surface area (Å²) in [6.45, 7) is 0.651. The number of carbonyl (C=O) groups is 2. The van der Waals surface area contributed by atoms with Crippen LogP contribution in [0.4, 0.5) is 5.82 Å². The van der Waals surface area contributed by atoms with Gasteiger partial charge >= 0.3 is 5.97 Å². The third-order valence-corrected chi connectivity index (χ3v) is 2.87. The molecule has 0 unspecified atom stereocenters. The van der Waals surface area contributed by atoms with E-state index in [1.54, 1.807) is 42.3 Å². The zero-order chi connectivity index (χ0) is 16.7. The topological polar surface area (TPSA) is 103 Å². The van der Waals surface area contributed by atoms with E-state index >= 15 is 0 Å². The number of nitrogens with one attached hydrogen (secondary N) is 1. The maximum atomic E-state index is 12.2. The summed E-state index contributed by atoms with van der Waals surface area (Å²) in [7, 11) is 1.60. The summed E-state index contributed by atoms with van der Waals surface area (Å²) in [4.78, 5) is 22.7. The number of benzene rings is 1. The highest BCUT2D eigenvalue weighted by Gasteiger charge is 2.09. The van der Waals surface area contributed by atoms with E-state index in [2.05, 4.69) is 10.4 Å². The Labute approximate surface area is 132 Å². The summed E-state index contributed by atoms with van der Waals surface area (Å²) in [6.07, 6.45) is 1.74. The molecule has 2 aromatic rings. The van der Waals surface area contributed by atoms with Crippen molar-refractivity contribution in [3.05, 3.63) is 42.1 Å². The van der Waals surface area contributed by atoms with E-state index in [-0.39, 0.29) is 5.91 Å². The van der Waals surface area contributed by atoms with Crippen molar-refractivity contribution in [2.75, 3.05) is 25.6 Å². The molecule has 2 N–H and O–H groups in total. The highest BCUT2D eigenvalue weighted by Crippen LogP contribution is 2.14. The number of amides is 1. The lowest BCUT2D eigenvalue weighted by Crippen LogP contribution is -2.14. The third kappa shape index (κ3) is 5.11. The number of methoxy groups -OCH3 is 1. The zero-order valence-electron chi connectivity index (χ0n) is 12.6. The van der Waals surface area contributed by atoms with Crippen LogP contribution < -0.4 is 10.1 Å². The van der Waals surface area contributed by atoms with Gasteiger partial charge in [0.1, 0.15) is 5.75 Å². The van der Waals surface area contributed by atoms with E-state index < -0.39 is 12.6 Å².